The van der Waals surface area contributed by atoms with Crippen molar-refractivity contribution in [1.82, 2.24) is 15.5 Å². The van der Waals surface area contributed by atoms with Gasteiger partial charge in [0.25, 0.3) is 0 Å². The maximum atomic E-state index is 12.9. The molecule has 38 heavy (non-hydrogen) atoms. The number of nitrogens with two attached hydrogens (primary N) is 1. The lowest BCUT2D eigenvalue weighted by atomic mass is 10.1. The van der Waals surface area contributed by atoms with Crippen molar-refractivity contribution in [2.75, 3.05) is 17.9 Å². The number of hydrogen-bond donors (Lipinski definition) is 5. The molecule has 0 radical (unpaired) electrons. The van der Waals surface area contributed by atoms with Crippen LogP contribution in [0.5, 0.6) is 0 Å². The zero-order chi connectivity index (χ0) is 28.7. The minimum absolute atomic E-state index is 0.106. The first-order valence-electron chi connectivity index (χ1n) is 10.4. The Kier molecular flexibility index (Phi) is 10.1. The topological polar surface area (TPSA) is 195 Å². The molecule has 6 N–H and O–H groups in total. The number of rotatable bonds is 11. The summed E-state index contributed by atoms with van der Waals surface area (Å²) < 4.78 is 65.6. The Labute approximate surface area is 218 Å². The van der Waals surface area contributed by atoms with Crippen molar-refractivity contribution in [3.8, 4) is 0 Å². The molecule has 1 atom stereocenters. The molecule has 13 nitrogen and oxygen atoms in total. The summed E-state index contributed by atoms with van der Waals surface area (Å²) in [4.78, 5) is 45.8. The number of hydroxylamine groups is 1. The number of amides is 1. The standard InChI is InChI=1S/C20H22ClF3N6O7S/c1-11(16(31)27-7-8-36-28-19(25)26)15-6-5-14(17(32)30(15)37-18(33)20(22,23)24)29-38(34,35)10-12-3-2-4-13(21)9-12/h2-6,9,11,29H,7-8,10H2,1H3,(H,27,31)(H4,25,26,28). The highest BCUT2D eigenvalue weighted by molar-refractivity contribution is 7.91. The van der Waals surface area contributed by atoms with Crippen molar-refractivity contribution in [3.63, 3.8) is 0 Å². The number of halogens is 4. The van der Waals surface area contributed by atoms with Crippen LogP contribution in [0.3, 0.4) is 0 Å². The van der Waals surface area contributed by atoms with Crippen LogP contribution in [0.25, 0.3) is 0 Å². The predicted molar refractivity (Wildman–Crippen MR) is 128 cm³/mol. The Balaban J connectivity index is 2.34. The maximum absolute atomic E-state index is 12.9. The van der Waals surface area contributed by atoms with Gasteiger partial charge in [0.2, 0.25) is 21.9 Å². The summed E-state index contributed by atoms with van der Waals surface area (Å²) in [5, 5.41) is 9.53. The van der Waals surface area contributed by atoms with Gasteiger partial charge in [-0.05, 0) is 36.8 Å². The molecule has 0 spiro atoms. The average Bonchev–Trinajstić information content (AvgIpc) is 2.79. The van der Waals surface area contributed by atoms with E-state index in [0.29, 0.717) is 0 Å². The van der Waals surface area contributed by atoms with E-state index in [2.05, 4.69) is 10.2 Å². The predicted octanol–water partition coefficient (Wildman–Crippen LogP) is 0.595. The van der Waals surface area contributed by atoms with Crippen LogP contribution in [0.2, 0.25) is 5.02 Å². The second-order valence-electron chi connectivity index (χ2n) is 7.52. The number of nitrogens with zero attached hydrogens (tertiary/aromatic N) is 1. The number of hydrogen-bond acceptors (Lipinski definition) is 8. The molecule has 208 valence electrons. The lowest BCUT2D eigenvalue weighted by Crippen LogP contribution is -2.42. The molecule has 0 aliphatic heterocycles. The summed E-state index contributed by atoms with van der Waals surface area (Å²) in [6.45, 7) is 0.887. The van der Waals surface area contributed by atoms with Crippen LogP contribution in [0, 0.1) is 5.41 Å². The van der Waals surface area contributed by atoms with E-state index in [1.54, 1.807) is 0 Å². The van der Waals surface area contributed by atoms with Gasteiger partial charge in [-0.2, -0.15) is 13.2 Å². The summed E-state index contributed by atoms with van der Waals surface area (Å²) in [6, 6.07) is 7.65. The first kappa shape index (κ1) is 30.4. The molecule has 0 saturated carbocycles. The summed E-state index contributed by atoms with van der Waals surface area (Å²) >= 11 is 5.83. The van der Waals surface area contributed by atoms with Gasteiger partial charge in [-0.1, -0.05) is 23.7 Å². The van der Waals surface area contributed by atoms with Gasteiger partial charge >= 0.3 is 17.7 Å². The molecule has 0 fully saturated rings. The van der Waals surface area contributed by atoms with Crippen LogP contribution in [0.4, 0.5) is 18.9 Å². The van der Waals surface area contributed by atoms with E-state index in [9.17, 15) is 36.0 Å². The number of sulfonamides is 1. The lowest BCUT2D eigenvalue weighted by molar-refractivity contribution is -0.200. The number of carbonyl (C=O) groups excluding carboxylic acids is 2. The fraction of sp³-hybridized carbons (Fsp3) is 0.300. The molecule has 1 heterocycles. The van der Waals surface area contributed by atoms with Crippen molar-refractivity contribution < 1.29 is 40.9 Å². The molecule has 0 saturated heterocycles. The third-order valence-electron chi connectivity index (χ3n) is 4.51. The number of pyridine rings is 1. The first-order valence-corrected chi connectivity index (χ1v) is 12.4. The van der Waals surface area contributed by atoms with Crippen LogP contribution in [-0.4, -0.2) is 50.3 Å². The monoisotopic (exact) mass is 582 g/mol. The average molecular weight is 583 g/mol. The van der Waals surface area contributed by atoms with E-state index in [1.807, 2.05) is 10.2 Å². The molecule has 1 unspecified atom stereocenters. The van der Waals surface area contributed by atoms with E-state index < -0.39 is 62.6 Å². The summed E-state index contributed by atoms with van der Waals surface area (Å²) in [7, 11) is -4.28. The van der Waals surface area contributed by atoms with E-state index >= 15 is 0 Å². The normalized spacial score (nSPS) is 12.3. The SMILES string of the molecule is CC(C(=O)NCCONC(=N)N)c1ccc(NS(=O)(=O)Cc2cccc(Cl)c2)c(=O)n1OC(=O)C(F)(F)F. The van der Waals surface area contributed by atoms with Crippen LogP contribution in [-0.2, 0) is 30.2 Å². The van der Waals surface area contributed by atoms with Crippen LogP contribution < -0.4 is 31.6 Å². The van der Waals surface area contributed by atoms with E-state index in [1.165, 1.54) is 31.2 Å². The number of nitrogens with one attached hydrogen (secondary N) is 4. The quantitative estimate of drug-likeness (QED) is 0.109. The highest BCUT2D eigenvalue weighted by atomic mass is 35.5. The van der Waals surface area contributed by atoms with Crippen molar-refractivity contribution >= 4 is 45.1 Å². The highest BCUT2D eigenvalue weighted by Gasteiger charge is 2.43. The minimum Gasteiger partial charge on any atom is -0.368 e. The Hall–Kier alpha value is -3.83. The number of benzene rings is 1. The summed E-state index contributed by atoms with van der Waals surface area (Å²) in [5.74, 6) is -6.10. The second-order valence-corrected chi connectivity index (χ2v) is 9.67. The third-order valence-corrected chi connectivity index (χ3v) is 5.99. The summed E-state index contributed by atoms with van der Waals surface area (Å²) in [5.41, 5.74) is 4.55. The first-order chi connectivity index (χ1) is 17.6. The number of aromatic nitrogens is 1. The van der Waals surface area contributed by atoms with Gasteiger partial charge in [0.05, 0.1) is 24.0 Å². The zero-order valence-electron chi connectivity index (χ0n) is 19.5. The fourth-order valence-corrected chi connectivity index (χ4v) is 4.25. The van der Waals surface area contributed by atoms with E-state index in [4.69, 9.17) is 27.6 Å². The molecule has 1 aromatic heterocycles. The van der Waals surface area contributed by atoms with Crippen molar-refractivity contribution in [2.45, 2.75) is 24.8 Å². The fourth-order valence-electron chi connectivity index (χ4n) is 2.85. The molecule has 0 bridgehead atoms. The molecular formula is C20H22ClF3N6O7S. The van der Waals surface area contributed by atoms with Crippen LogP contribution in [0.15, 0.2) is 41.2 Å². The molecule has 1 aromatic carbocycles. The van der Waals surface area contributed by atoms with E-state index in [-0.39, 0.29) is 28.5 Å². The van der Waals surface area contributed by atoms with Gasteiger partial charge in [0.15, 0.2) is 0 Å². The Morgan fingerprint density at radius 3 is 2.53 bits per heavy atom. The third kappa shape index (κ3) is 8.93. The molecule has 18 heteroatoms. The molecule has 2 rings (SSSR count). The maximum Gasteiger partial charge on any atom is 0.493 e. The summed E-state index contributed by atoms with van der Waals surface area (Å²) in [6.07, 6.45) is -5.51. The smallest absolute Gasteiger partial charge is 0.368 e. The molecule has 0 aliphatic carbocycles. The number of alkyl halides is 3. The largest absolute Gasteiger partial charge is 0.493 e. The molecule has 2 aromatic rings. The van der Waals surface area contributed by atoms with Gasteiger partial charge in [-0.15, -0.1) is 4.73 Å². The second kappa shape index (κ2) is 12.6. The zero-order valence-corrected chi connectivity index (χ0v) is 21.0. The van der Waals surface area contributed by atoms with E-state index in [0.717, 1.165) is 12.1 Å². The number of guanidine groups is 1. The van der Waals surface area contributed by atoms with Gasteiger partial charge in [-0.3, -0.25) is 24.6 Å². The number of carbonyl (C=O) groups is 2. The Morgan fingerprint density at radius 2 is 1.92 bits per heavy atom. The van der Waals surface area contributed by atoms with Gasteiger partial charge in [0.1, 0.15) is 5.69 Å². The van der Waals surface area contributed by atoms with Crippen LogP contribution >= 0.6 is 11.6 Å². The molecular weight excluding hydrogens is 561 g/mol. The van der Waals surface area contributed by atoms with Crippen molar-refractivity contribution in [1.29, 1.82) is 5.41 Å². The Morgan fingerprint density at radius 1 is 1.24 bits per heavy atom. The van der Waals surface area contributed by atoms with Crippen molar-refractivity contribution in [2.24, 2.45) is 5.73 Å². The Bertz CT molecular complexity index is 1370. The number of anilines is 1. The molecule has 1 amide bonds. The lowest BCUT2D eigenvalue weighted by Gasteiger charge is -2.19. The van der Waals surface area contributed by atoms with Crippen molar-refractivity contribution in [3.05, 3.63) is 63.0 Å². The van der Waals surface area contributed by atoms with Crippen LogP contribution in [0.1, 0.15) is 24.1 Å². The van der Waals surface area contributed by atoms with Gasteiger partial charge in [0, 0.05) is 11.6 Å². The van der Waals surface area contributed by atoms with Gasteiger partial charge in [-0.25, -0.2) is 18.7 Å². The molecule has 0 aliphatic rings. The minimum atomic E-state index is -5.51. The van der Waals surface area contributed by atoms with Gasteiger partial charge < -0.3 is 15.9 Å². The highest BCUT2D eigenvalue weighted by Crippen LogP contribution is 2.20.